The lowest BCUT2D eigenvalue weighted by molar-refractivity contribution is -0.275. The van der Waals surface area contributed by atoms with Crippen LogP contribution in [0.2, 0.25) is 0 Å². The second-order valence-electron chi connectivity index (χ2n) is 2.21. The zero-order chi connectivity index (χ0) is 10.9. The van der Waals surface area contributed by atoms with Crippen molar-refractivity contribution in [3.63, 3.8) is 0 Å². The van der Waals surface area contributed by atoms with Crippen molar-refractivity contribution in [3.8, 4) is 5.75 Å². The van der Waals surface area contributed by atoms with Crippen LogP contribution >= 0.6 is 22.6 Å². The van der Waals surface area contributed by atoms with E-state index in [0.717, 1.165) is 6.07 Å². The number of hydrogen-bond acceptors (Lipinski definition) is 3. The Hall–Kier alpha value is -0.800. The molecule has 0 saturated carbocycles. The van der Waals surface area contributed by atoms with Gasteiger partial charge in [0.25, 0.3) is 5.95 Å². The largest absolute Gasteiger partial charge is 0.573 e. The van der Waals surface area contributed by atoms with Gasteiger partial charge in [-0.3, -0.25) is 0 Å². The maximum atomic E-state index is 12.8. The van der Waals surface area contributed by atoms with Crippen LogP contribution in [0.4, 0.5) is 23.2 Å². The summed E-state index contributed by atoms with van der Waals surface area (Å²) in [4.78, 5) is 3.13. The van der Waals surface area contributed by atoms with Crippen molar-refractivity contribution in [2.24, 2.45) is 0 Å². The molecule has 78 valence electrons. The molecule has 0 aromatic carbocycles. The zero-order valence-electron chi connectivity index (χ0n) is 6.40. The lowest BCUT2D eigenvalue weighted by Crippen LogP contribution is -2.18. The Morgan fingerprint density at radius 3 is 2.50 bits per heavy atom. The van der Waals surface area contributed by atoms with Crippen LogP contribution in [0.15, 0.2) is 6.07 Å². The van der Waals surface area contributed by atoms with E-state index in [1.54, 1.807) is 22.6 Å². The van der Waals surface area contributed by atoms with Crippen molar-refractivity contribution in [2.75, 3.05) is 5.73 Å². The lowest BCUT2D eigenvalue weighted by atomic mass is 10.4. The molecule has 0 saturated heterocycles. The minimum Gasteiger partial charge on any atom is -0.401 e. The number of alkyl halides is 3. The van der Waals surface area contributed by atoms with Crippen LogP contribution in [0.25, 0.3) is 0 Å². The molecule has 0 aliphatic heterocycles. The summed E-state index contributed by atoms with van der Waals surface area (Å²) in [5.41, 5.74) is 5.15. The summed E-state index contributed by atoms with van der Waals surface area (Å²) in [6, 6.07) is 0.734. The number of aromatic nitrogens is 1. The molecule has 0 amide bonds. The summed E-state index contributed by atoms with van der Waals surface area (Å²) in [5.74, 6) is -2.38. The summed E-state index contributed by atoms with van der Waals surface area (Å²) in [7, 11) is 0. The molecule has 0 atom stereocenters. The van der Waals surface area contributed by atoms with Crippen molar-refractivity contribution < 1.29 is 22.3 Å². The summed E-state index contributed by atoms with van der Waals surface area (Å²) in [5, 5.41) is 0. The number of nitrogens with two attached hydrogens (primary N) is 1. The Morgan fingerprint density at radius 1 is 1.43 bits per heavy atom. The van der Waals surface area contributed by atoms with E-state index in [4.69, 9.17) is 5.73 Å². The summed E-state index contributed by atoms with van der Waals surface area (Å²) < 4.78 is 51.3. The number of pyridine rings is 1. The summed E-state index contributed by atoms with van der Waals surface area (Å²) in [6.45, 7) is 0. The normalized spacial score (nSPS) is 11.5. The van der Waals surface area contributed by atoms with Gasteiger partial charge in [0.1, 0.15) is 3.70 Å². The first-order valence-corrected chi connectivity index (χ1v) is 4.25. The highest BCUT2D eigenvalue weighted by atomic mass is 127. The smallest absolute Gasteiger partial charge is 0.401 e. The highest BCUT2D eigenvalue weighted by Crippen LogP contribution is 2.27. The Balaban J connectivity index is 3.04. The number of rotatable bonds is 1. The molecular weight excluding hydrogens is 319 g/mol. The first kappa shape index (κ1) is 11.3. The molecule has 0 radical (unpaired) electrons. The average molecular weight is 322 g/mol. The third-order valence-corrected chi connectivity index (χ3v) is 2.01. The first-order valence-electron chi connectivity index (χ1n) is 3.17. The van der Waals surface area contributed by atoms with Gasteiger partial charge in [-0.25, -0.2) is 4.98 Å². The number of ether oxygens (including phenoxy) is 1. The van der Waals surface area contributed by atoms with Gasteiger partial charge in [-0.05, 0) is 22.6 Å². The average Bonchev–Trinajstić information content (AvgIpc) is 1.97. The molecule has 3 nitrogen and oxygen atoms in total. The predicted octanol–water partition coefficient (Wildman–Crippen LogP) is 2.31. The van der Waals surface area contributed by atoms with E-state index in [-0.39, 0.29) is 9.39 Å². The van der Waals surface area contributed by atoms with Crippen molar-refractivity contribution in [1.29, 1.82) is 0 Å². The molecular formula is C6H3F4IN2O. The Bertz CT molecular complexity index is 354. The second kappa shape index (κ2) is 3.75. The monoisotopic (exact) mass is 322 g/mol. The van der Waals surface area contributed by atoms with E-state index in [1.807, 2.05) is 0 Å². The number of nitrogens with zero attached hydrogens (tertiary/aromatic N) is 1. The molecule has 1 aromatic rings. The van der Waals surface area contributed by atoms with E-state index >= 15 is 0 Å². The van der Waals surface area contributed by atoms with Crippen LogP contribution in [-0.4, -0.2) is 11.3 Å². The SMILES string of the molecule is Nc1cc(OC(F)(F)F)c(F)nc1I. The Labute approximate surface area is 89.4 Å². The van der Waals surface area contributed by atoms with Crippen LogP contribution in [0, 0.1) is 9.65 Å². The van der Waals surface area contributed by atoms with Crippen molar-refractivity contribution >= 4 is 28.3 Å². The lowest BCUT2D eigenvalue weighted by Gasteiger charge is -2.09. The number of hydrogen-bond donors (Lipinski definition) is 1. The molecule has 0 unspecified atom stereocenters. The fraction of sp³-hybridized carbons (Fsp3) is 0.167. The Kier molecular flexibility index (Phi) is 3.02. The van der Waals surface area contributed by atoms with Crippen molar-refractivity contribution in [3.05, 3.63) is 15.7 Å². The number of halogens is 5. The molecule has 14 heavy (non-hydrogen) atoms. The molecule has 1 heterocycles. The van der Waals surface area contributed by atoms with Gasteiger partial charge >= 0.3 is 6.36 Å². The molecule has 0 fully saturated rings. The fourth-order valence-electron chi connectivity index (χ4n) is 0.662. The van der Waals surface area contributed by atoms with Crippen LogP contribution in [-0.2, 0) is 0 Å². The van der Waals surface area contributed by atoms with E-state index in [0.29, 0.717) is 0 Å². The van der Waals surface area contributed by atoms with E-state index in [1.165, 1.54) is 0 Å². The van der Waals surface area contributed by atoms with Crippen molar-refractivity contribution in [1.82, 2.24) is 4.98 Å². The fourth-order valence-corrected chi connectivity index (χ4v) is 1.03. The molecule has 0 spiro atoms. The molecule has 0 bridgehead atoms. The van der Waals surface area contributed by atoms with Crippen LogP contribution < -0.4 is 10.5 Å². The van der Waals surface area contributed by atoms with Crippen LogP contribution in [0.5, 0.6) is 5.75 Å². The van der Waals surface area contributed by atoms with Crippen LogP contribution in [0.3, 0.4) is 0 Å². The van der Waals surface area contributed by atoms with Gasteiger partial charge in [-0.1, -0.05) is 0 Å². The number of nitrogen functional groups attached to an aromatic ring is 1. The van der Waals surface area contributed by atoms with Gasteiger partial charge in [0.15, 0.2) is 5.75 Å². The van der Waals surface area contributed by atoms with Crippen molar-refractivity contribution in [2.45, 2.75) is 6.36 Å². The molecule has 8 heteroatoms. The summed E-state index contributed by atoms with van der Waals surface area (Å²) in [6.07, 6.45) is -4.96. The molecule has 0 aliphatic rings. The molecule has 1 aromatic heterocycles. The number of anilines is 1. The van der Waals surface area contributed by atoms with Gasteiger partial charge in [-0.2, -0.15) is 4.39 Å². The Morgan fingerprint density at radius 2 is 2.00 bits per heavy atom. The van der Waals surface area contributed by atoms with Gasteiger partial charge < -0.3 is 10.5 Å². The van der Waals surface area contributed by atoms with Gasteiger partial charge in [-0.15, -0.1) is 13.2 Å². The van der Waals surface area contributed by atoms with E-state index in [9.17, 15) is 17.6 Å². The minimum atomic E-state index is -4.96. The van der Waals surface area contributed by atoms with E-state index < -0.39 is 18.1 Å². The molecule has 1 rings (SSSR count). The quantitative estimate of drug-likeness (QED) is 0.490. The molecule has 0 aliphatic carbocycles. The summed E-state index contributed by atoms with van der Waals surface area (Å²) >= 11 is 1.59. The highest BCUT2D eigenvalue weighted by Gasteiger charge is 2.33. The minimum absolute atomic E-state index is 0.0775. The van der Waals surface area contributed by atoms with Gasteiger partial charge in [0, 0.05) is 6.07 Å². The van der Waals surface area contributed by atoms with Gasteiger partial charge in [0.05, 0.1) is 5.69 Å². The van der Waals surface area contributed by atoms with Crippen LogP contribution in [0.1, 0.15) is 0 Å². The second-order valence-corrected chi connectivity index (χ2v) is 3.23. The van der Waals surface area contributed by atoms with Gasteiger partial charge in [0.2, 0.25) is 0 Å². The third kappa shape index (κ3) is 2.86. The molecule has 2 N–H and O–H groups in total. The van der Waals surface area contributed by atoms with E-state index in [2.05, 4.69) is 9.72 Å². The maximum Gasteiger partial charge on any atom is 0.573 e. The highest BCUT2D eigenvalue weighted by molar-refractivity contribution is 14.1. The topological polar surface area (TPSA) is 48.1 Å². The third-order valence-electron chi connectivity index (χ3n) is 1.15. The maximum absolute atomic E-state index is 12.8. The standard InChI is InChI=1S/C6H3F4IN2O/c7-4-3(14-6(8,9)10)1-2(12)5(11)13-4/h1H,12H2. The zero-order valence-corrected chi connectivity index (χ0v) is 8.56. The first-order chi connectivity index (χ1) is 6.29. The predicted molar refractivity (Wildman–Crippen MR) is 48.0 cm³/mol.